The summed E-state index contributed by atoms with van der Waals surface area (Å²) in [5, 5.41) is 2.90. The Morgan fingerprint density at radius 1 is 0.605 bits per heavy atom. The molecule has 4 bridgehead atoms. The van der Waals surface area contributed by atoms with E-state index in [-0.39, 0.29) is 36.8 Å². The first-order valence-corrected chi connectivity index (χ1v) is 16.6. The zero-order chi connectivity index (χ0) is 29.5. The molecule has 9 rings (SSSR count). The summed E-state index contributed by atoms with van der Waals surface area (Å²) in [5.74, 6) is 3.66. The molecular formula is C40H44NSiTi. The summed E-state index contributed by atoms with van der Waals surface area (Å²) in [7, 11) is 0.271. The minimum atomic E-state index is 0. The average molecular weight is 615 g/mol. The maximum absolute atomic E-state index is 7.79. The van der Waals surface area contributed by atoms with E-state index < -0.39 is 0 Å². The van der Waals surface area contributed by atoms with Crippen LogP contribution in [0.2, 0.25) is 0 Å². The van der Waals surface area contributed by atoms with Crippen LogP contribution in [-0.4, -0.2) is 15.1 Å². The Balaban J connectivity index is 0.000000132. The summed E-state index contributed by atoms with van der Waals surface area (Å²) in [5.41, 5.74) is 14.7. The zero-order valence-corrected chi connectivity index (χ0v) is 28.8. The fraction of sp³-hybridized carbons (Fsp3) is 0.300. The third-order valence-electron chi connectivity index (χ3n) is 9.44. The quantitative estimate of drug-likeness (QED) is 0.163. The van der Waals surface area contributed by atoms with Gasteiger partial charge in [-0.1, -0.05) is 178 Å². The molecule has 4 aromatic carbocycles. The zero-order valence-electron chi connectivity index (χ0n) is 26.1. The molecule has 0 aromatic heterocycles. The summed E-state index contributed by atoms with van der Waals surface area (Å²) in [6.45, 7) is 8.67. The standard InChI is InChI=1S/C12H11Si.C12H10.C9H13.C7H10N.Ti/c1-3-7-11(8-4-1)13-12-9-5-2-6-10-12;1-3-7-11(8-4-1)12-9-5-2-6-10-12;1-6-5-7(2)9(4)8(6)3;8-7-1-4-5(2-7)6(4)3-7;/h1-10,13H;1-10H;6H,1-4H3;4-6,8H,1-3H2;/q;;2*-1;+2. The Labute approximate surface area is 277 Å². The molecule has 4 saturated carbocycles. The summed E-state index contributed by atoms with van der Waals surface area (Å²) >= 11 is 0. The van der Waals surface area contributed by atoms with Gasteiger partial charge in [0.05, 0.1) is 0 Å². The normalized spacial score (nSPS) is 25.1. The van der Waals surface area contributed by atoms with Crippen molar-refractivity contribution in [1.29, 1.82) is 0 Å². The van der Waals surface area contributed by atoms with Gasteiger partial charge in [0.15, 0.2) is 0 Å². The van der Waals surface area contributed by atoms with Gasteiger partial charge >= 0.3 is 21.7 Å². The molecule has 0 aliphatic heterocycles. The van der Waals surface area contributed by atoms with E-state index in [0.29, 0.717) is 5.92 Å². The molecule has 0 spiro atoms. The first-order chi connectivity index (χ1) is 20.3. The maximum atomic E-state index is 7.79. The maximum Gasteiger partial charge on any atom is 2.00 e. The molecule has 0 saturated heterocycles. The van der Waals surface area contributed by atoms with Gasteiger partial charge in [0, 0.05) is 0 Å². The molecule has 43 heavy (non-hydrogen) atoms. The Hall–Kier alpha value is -2.75. The van der Waals surface area contributed by atoms with Crippen molar-refractivity contribution in [1.82, 2.24) is 0 Å². The summed E-state index contributed by atoms with van der Waals surface area (Å²) < 4.78 is 0. The monoisotopic (exact) mass is 614 g/mol. The summed E-state index contributed by atoms with van der Waals surface area (Å²) in [4.78, 5) is 0. The molecule has 4 fully saturated rings. The Morgan fingerprint density at radius 2 is 0.953 bits per heavy atom. The number of hydrogen-bond donors (Lipinski definition) is 0. The van der Waals surface area contributed by atoms with Crippen LogP contribution in [0.5, 0.6) is 0 Å². The Kier molecular flexibility index (Phi) is 11.8. The van der Waals surface area contributed by atoms with Crippen molar-refractivity contribution in [2.24, 2.45) is 23.7 Å². The average Bonchev–Trinajstić information content (AvgIpc) is 3.39. The van der Waals surface area contributed by atoms with Crippen molar-refractivity contribution in [2.45, 2.75) is 52.5 Å². The van der Waals surface area contributed by atoms with Gasteiger partial charge in [-0.05, 0) is 28.9 Å². The second kappa shape index (κ2) is 15.3. The van der Waals surface area contributed by atoms with E-state index in [2.05, 4.69) is 143 Å². The molecule has 1 nitrogen and oxygen atoms in total. The van der Waals surface area contributed by atoms with Gasteiger partial charge < -0.3 is 5.73 Å². The van der Waals surface area contributed by atoms with Gasteiger partial charge in [-0.2, -0.15) is 11.1 Å². The van der Waals surface area contributed by atoms with Crippen LogP contribution in [0.4, 0.5) is 0 Å². The fourth-order valence-electron chi connectivity index (χ4n) is 6.75. The van der Waals surface area contributed by atoms with Crippen LogP contribution in [0, 0.1) is 29.7 Å². The van der Waals surface area contributed by atoms with Crippen molar-refractivity contribution in [2.75, 3.05) is 0 Å². The van der Waals surface area contributed by atoms with E-state index in [0.717, 1.165) is 17.8 Å². The molecule has 0 heterocycles. The number of benzene rings is 4. The van der Waals surface area contributed by atoms with Crippen LogP contribution < -0.4 is 10.4 Å². The summed E-state index contributed by atoms with van der Waals surface area (Å²) in [6, 6.07) is 42.1. The minimum absolute atomic E-state index is 0. The van der Waals surface area contributed by atoms with Crippen LogP contribution in [0.3, 0.4) is 0 Å². The van der Waals surface area contributed by atoms with Gasteiger partial charge in [0.1, 0.15) is 9.52 Å². The molecule has 1 atom stereocenters. The predicted molar refractivity (Wildman–Crippen MR) is 183 cm³/mol. The first-order valence-electron chi connectivity index (χ1n) is 15.4. The van der Waals surface area contributed by atoms with Gasteiger partial charge in [-0.25, -0.2) is 5.57 Å². The van der Waals surface area contributed by atoms with Crippen molar-refractivity contribution in [3.8, 4) is 11.1 Å². The van der Waals surface area contributed by atoms with Crippen LogP contribution in [0.25, 0.3) is 16.9 Å². The molecular weight excluding hydrogens is 570 g/mol. The Bertz CT molecular complexity index is 1370. The summed E-state index contributed by atoms with van der Waals surface area (Å²) in [6.07, 6.45) is 7.12. The van der Waals surface area contributed by atoms with Gasteiger partial charge in [-0.3, -0.25) is 6.08 Å². The smallest absolute Gasteiger partial charge is 0.672 e. The molecule has 5 aliphatic rings. The molecule has 1 radical (unpaired) electrons. The number of rotatable bonds is 3. The van der Waals surface area contributed by atoms with Crippen molar-refractivity contribution in [3.05, 3.63) is 150 Å². The van der Waals surface area contributed by atoms with Crippen molar-refractivity contribution in [3.63, 3.8) is 0 Å². The molecule has 217 valence electrons. The number of hydrogen-bond acceptors (Lipinski definition) is 0. The Morgan fingerprint density at radius 3 is 1.19 bits per heavy atom. The minimum Gasteiger partial charge on any atom is -0.672 e. The topological polar surface area (TPSA) is 23.8 Å². The van der Waals surface area contributed by atoms with Crippen LogP contribution in [-0.2, 0) is 21.7 Å². The van der Waals surface area contributed by atoms with E-state index >= 15 is 0 Å². The van der Waals surface area contributed by atoms with Crippen LogP contribution >= 0.6 is 0 Å². The van der Waals surface area contributed by atoms with E-state index in [4.69, 9.17) is 5.73 Å². The van der Waals surface area contributed by atoms with E-state index in [1.165, 1.54) is 57.5 Å². The van der Waals surface area contributed by atoms with Gasteiger partial charge in [-0.15, -0.1) is 12.5 Å². The molecule has 4 aromatic rings. The van der Waals surface area contributed by atoms with Crippen LogP contribution in [0.15, 0.2) is 138 Å². The number of allylic oxidation sites excluding steroid dienone is 4. The molecule has 1 N–H and O–H groups in total. The van der Waals surface area contributed by atoms with Crippen molar-refractivity contribution < 1.29 is 21.7 Å². The predicted octanol–water partition coefficient (Wildman–Crippen LogP) is 8.98. The molecule has 5 aliphatic carbocycles. The van der Waals surface area contributed by atoms with E-state index in [9.17, 15) is 0 Å². The number of nitrogens with one attached hydrogen (secondary N) is 1. The van der Waals surface area contributed by atoms with E-state index in [1.807, 2.05) is 12.1 Å². The van der Waals surface area contributed by atoms with Crippen LogP contribution in [0.1, 0.15) is 47.0 Å². The first kappa shape index (κ1) is 33.2. The molecule has 0 amide bonds. The third-order valence-corrected chi connectivity index (χ3v) is 10.9. The second-order valence-electron chi connectivity index (χ2n) is 12.4. The second-order valence-corrected chi connectivity index (χ2v) is 14.0. The largest absolute Gasteiger partial charge is 2.00 e. The third kappa shape index (κ3) is 8.90. The van der Waals surface area contributed by atoms with Gasteiger partial charge in [0.25, 0.3) is 0 Å². The molecule has 3 heteroatoms. The van der Waals surface area contributed by atoms with Crippen molar-refractivity contribution >= 4 is 19.9 Å². The van der Waals surface area contributed by atoms with Gasteiger partial charge in [0.2, 0.25) is 0 Å². The fourth-order valence-corrected chi connectivity index (χ4v) is 7.96. The van der Waals surface area contributed by atoms with E-state index in [1.54, 1.807) is 0 Å². The molecule has 1 unspecified atom stereocenters. The SMILES string of the molecule is CC1=[C-]C(C)C(C)=C1C.[NH-]C12CC3C(C1)C3C2.[Ti+2].c1ccc(-c2ccccc2)cc1.c1ccc([SiH]c2ccccc2)cc1.